The van der Waals surface area contributed by atoms with Gasteiger partial charge in [0.25, 0.3) is 5.91 Å². The van der Waals surface area contributed by atoms with Crippen molar-refractivity contribution in [3.8, 4) is 0 Å². The summed E-state index contributed by atoms with van der Waals surface area (Å²) in [5.74, 6) is -0.451. The SMILES string of the molecule is CS(=O)(=O)c1ccccc1C(=O)Nc1ccc(Br)cc1. The van der Waals surface area contributed by atoms with Crippen LogP contribution in [-0.2, 0) is 9.84 Å². The Morgan fingerprint density at radius 3 is 2.25 bits per heavy atom. The number of anilines is 1. The minimum absolute atomic E-state index is 0.0228. The van der Waals surface area contributed by atoms with Crippen LogP contribution in [0.25, 0.3) is 0 Å². The lowest BCUT2D eigenvalue weighted by atomic mass is 10.2. The molecular weight excluding hydrogens is 342 g/mol. The molecule has 1 amide bonds. The number of halogens is 1. The Morgan fingerprint density at radius 1 is 1.05 bits per heavy atom. The largest absolute Gasteiger partial charge is 0.322 e. The van der Waals surface area contributed by atoms with Gasteiger partial charge in [-0.1, -0.05) is 28.1 Å². The van der Waals surface area contributed by atoms with Crippen molar-refractivity contribution in [2.24, 2.45) is 0 Å². The van der Waals surface area contributed by atoms with Crippen LogP contribution in [0, 0.1) is 0 Å². The molecule has 0 saturated heterocycles. The standard InChI is InChI=1S/C14H12BrNO3S/c1-20(18,19)13-5-3-2-4-12(13)14(17)16-11-8-6-10(15)7-9-11/h2-9H,1H3,(H,16,17). The molecule has 0 unspecified atom stereocenters. The Morgan fingerprint density at radius 2 is 1.65 bits per heavy atom. The highest BCUT2D eigenvalue weighted by Gasteiger charge is 2.18. The highest BCUT2D eigenvalue weighted by atomic mass is 79.9. The fraction of sp³-hybridized carbons (Fsp3) is 0.0714. The number of amides is 1. The third-order valence-corrected chi connectivity index (χ3v) is 4.32. The van der Waals surface area contributed by atoms with E-state index < -0.39 is 15.7 Å². The van der Waals surface area contributed by atoms with Gasteiger partial charge in [-0.05, 0) is 36.4 Å². The molecule has 20 heavy (non-hydrogen) atoms. The first-order chi connectivity index (χ1) is 9.38. The molecule has 2 aromatic rings. The summed E-state index contributed by atoms with van der Waals surface area (Å²) >= 11 is 3.30. The van der Waals surface area contributed by atoms with E-state index in [0.29, 0.717) is 5.69 Å². The average molecular weight is 354 g/mol. The minimum atomic E-state index is -3.45. The molecule has 0 heterocycles. The van der Waals surface area contributed by atoms with Crippen molar-refractivity contribution < 1.29 is 13.2 Å². The van der Waals surface area contributed by atoms with Crippen molar-refractivity contribution in [2.45, 2.75) is 4.90 Å². The zero-order valence-electron chi connectivity index (χ0n) is 10.6. The first-order valence-electron chi connectivity index (χ1n) is 5.74. The second-order valence-corrected chi connectivity index (χ2v) is 7.13. The van der Waals surface area contributed by atoms with Gasteiger partial charge < -0.3 is 5.32 Å². The minimum Gasteiger partial charge on any atom is -0.322 e. The Bertz CT molecular complexity index is 739. The lowest BCUT2D eigenvalue weighted by Gasteiger charge is -2.09. The molecule has 104 valence electrons. The number of rotatable bonds is 3. The average Bonchev–Trinajstić information content (AvgIpc) is 2.40. The van der Waals surface area contributed by atoms with Gasteiger partial charge >= 0.3 is 0 Å². The number of benzene rings is 2. The van der Waals surface area contributed by atoms with Gasteiger partial charge in [0, 0.05) is 16.4 Å². The van der Waals surface area contributed by atoms with Gasteiger partial charge in [-0.25, -0.2) is 8.42 Å². The fourth-order valence-corrected chi connectivity index (χ4v) is 2.86. The lowest BCUT2D eigenvalue weighted by molar-refractivity contribution is 0.102. The van der Waals surface area contributed by atoms with E-state index in [9.17, 15) is 13.2 Å². The van der Waals surface area contributed by atoms with Gasteiger partial charge in [0.15, 0.2) is 9.84 Å². The second kappa shape index (κ2) is 5.76. The van der Waals surface area contributed by atoms with Crippen LogP contribution in [-0.4, -0.2) is 20.6 Å². The van der Waals surface area contributed by atoms with E-state index in [1.54, 1.807) is 36.4 Å². The molecule has 0 aliphatic heterocycles. The zero-order chi connectivity index (χ0) is 14.8. The van der Waals surface area contributed by atoms with Crippen molar-refractivity contribution in [3.63, 3.8) is 0 Å². The third kappa shape index (κ3) is 3.46. The molecule has 4 nitrogen and oxygen atoms in total. The van der Waals surface area contributed by atoms with E-state index >= 15 is 0 Å². The van der Waals surface area contributed by atoms with Gasteiger partial charge in [0.05, 0.1) is 10.5 Å². The van der Waals surface area contributed by atoms with Crippen LogP contribution >= 0.6 is 15.9 Å². The van der Waals surface area contributed by atoms with Crippen molar-refractivity contribution in [1.82, 2.24) is 0 Å². The third-order valence-electron chi connectivity index (χ3n) is 2.63. The van der Waals surface area contributed by atoms with Crippen molar-refractivity contribution in [1.29, 1.82) is 0 Å². The molecule has 0 atom stereocenters. The van der Waals surface area contributed by atoms with Gasteiger partial charge in [0.2, 0.25) is 0 Å². The van der Waals surface area contributed by atoms with E-state index in [1.807, 2.05) is 0 Å². The van der Waals surface area contributed by atoms with E-state index in [1.165, 1.54) is 12.1 Å². The van der Waals surface area contributed by atoms with E-state index in [4.69, 9.17) is 0 Å². The molecule has 0 bridgehead atoms. The summed E-state index contributed by atoms with van der Waals surface area (Å²) in [7, 11) is -3.45. The highest BCUT2D eigenvalue weighted by Crippen LogP contribution is 2.18. The van der Waals surface area contributed by atoms with Gasteiger partial charge in [0.1, 0.15) is 0 Å². The first kappa shape index (κ1) is 14.7. The van der Waals surface area contributed by atoms with Crippen LogP contribution in [0.15, 0.2) is 57.9 Å². The van der Waals surface area contributed by atoms with Crippen LogP contribution in [0.5, 0.6) is 0 Å². The molecule has 0 saturated carbocycles. The summed E-state index contributed by atoms with van der Waals surface area (Å²) in [6.07, 6.45) is 1.08. The first-order valence-corrected chi connectivity index (χ1v) is 8.42. The predicted octanol–water partition coefficient (Wildman–Crippen LogP) is 3.10. The number of carbonyl (C=O) groups is 1. The summed E-state index contributed by atoms with van der Waals surface area (Å²) in [6.45, 7) is 0. The smallest absolute Gasteiger partial charge is 0.256 e. The van der Waals surface area contributed by atoms with Gasteiger partial charge in [-0.15, -0.1) is 0 Å². The summed E-state index contributed by atoms with van der Waals surface area (Å²) in [6, 6.07) is 13.2. The Labute approximate surface area is 125 Å². The zero-order valence-corrected chi connectivity index (χ0v) is 13.0. The molecule has 0 aromatic heterocycles. The van der Waals surface area contributed by atoms with Crippen LogP contribution in [0.1, 0.15) is 10.4 Å². The van der Waals surface area contributed by atoms with Crippen LogP contribution in [0.2, 0.25) is 0 Å². The van der Waals surface area contributed by atoms with Crippen molar-refractivity contribution in [2.75, 3.05) is 11.6 Å². The number of carbonyl (C=O) groups excluding carboxylic acids is 1. The van der Waals surface area contributed by atoms with Crippen molar-refractivity contribution in [3.05, 3.63) is 58.6 Å². The molecule has 2 aromatic carbocycles. The molecule has 0 aliphatic rings. The molecule has 6 heteroatoms. The molecule has 0 spiro atoms. The number of sulfone groups is 1. The number of hydrogen-bond acceptors (Lipinski definition) is 3. The van der Waals surface area contributed by atoms with Gasteiger partial charge in [-0.3, -0.25) is 4.79 Å². The summed E-state index contributed by atoms with van der Waals surface area (Å²) in [5.41, 5.74) is 0.736. The number of hydrogen-bond donors (Lipinski definition) is 1. The maximum absolute atomic E-state index is 12.2. The topological polar surface area (TPSA) is 63.2 Å². The molecule has 2 rings (SSSR count). The monoisotopic (exact) mass is 353 g/mol. The summed E-state index contributed by atoms with van der Waals surface area (Å²) in [5, 5.41) is 2.67. The van der Waals surface area contributed by atoms with Crippen LogP contribution in [0.4, 0.5) is 5.69 Å². The van der Waals surface area contributed by atoms with Gasteiger partial charge in [-0.2, -0.15) is 0 Å². The summed E-state index contributed by atoms with van der Waals surface area (Å²) < 4.78 is 24.2. The van der Waals surface area contributed by atoms with E-state index in [0.717, 1.165) is 10.7 Å². The van der Waals surface area contributed by atoms with Crippen molar-refractivity contribution >= 4 is 37.4 Å². The Balaban J connectivity index is 2.33. The quantitative estimate of drug-likeness (QED) is 0.921. The van der Waals surface area contributed by atoms with Crippen LogP contribution in [0.3, 0.4) is 0 Å². The lowest BCUT2D eigenvalue weighted by Crippen LogP contribution is -2.15. The fourth-order valence-electron chi connectivity index (χ4n) is 1.71. The summed E-state index contributed by atoms with van der Waals surface area (Å²) in [4.78, 5) is 12.2. The molecule has 0 fully saturated rings. The number of nitrogens with one attached hydrogen (secondary N) is 1. The Kier molecular flexibility index (Phi) is 4.25. The molecule has 0 radical (unpaired) electrons. The Hall–Kier alpha value is -1.66. The molecule has 0 aliphatic carbocycles. The van der Waals surface area contributed by atoms with E-state index in [-0.39, 0.29) is 10.5 Å². The van der Waals surface area contributed by atoms with Crippen LogP contribution < -0.4 is 5.32 Å². The molecule has 1 N–H and O–H groups in total. The molecular formula is C14H12BrNO3S. The van der Waals surface area contributed by atoms with E-state index in [2.05, 4.69) is 21.2 Å². The maximum Gasteiger partial charge on any atom is 0.256 e. The second-order valence-electron chi connectivity index (χ2n) is 4.23. The highest BCUT2D eigenvalue weighted by molar-refractivity contribution is 9.10. The predicted molar refractivity (Wildman–Crippen MR) is 81.6 cm³/mol. The normalized spacial score (nSPS) is 11.1. The maximum atomic E-state index is 12.2.